The summed E-state index contributed by atoms with van der Waals surface area (Å²) in [6.45, 7) is 0. The van der Waals surface area contributed by atoms with E-state index in [-0.39, 0.29) is 5.91 Å². The molecule has 0 saturated carbocycles. The first kappa shape index (κ1) is 13.5. The molecule has 5 heteroatoms. The molecule has 0 aromatic heterocycles. The fourth-order valence-corrected chi connectivity index (χ4v) is 2.30. The Bertz CT molecular complexity index is 730. The van der Waals surface area contributed by atoms with Crippen molar-refractivity contribution in [3.05, 3.63) is 70.8 Å². The number of hydrogen-bond donors (Lipinski definition) is 0. The summed E-state index contributed by atoms with van der Waals surface area (Å²) in [6, 6.07) is 11.8. The number of carbonyl (C=O) groups excluding carboxylic acids is 1. The SMILES string of the molecule is O=C1N=C(c2ccc(C(F)(F)F)cc2)Cc2ccccc21. The molecule has 0 spiro atoms. The van der Waals surface area contributed by atoms with Crippen molar-refractivity contribution in [2.75, 3.05) is 0 Å². The molecule has 0 atom stereocenters. The average molecular weight is 289 g/mol. The lowest BCUT2D eigenvalue weighted by Gasteiger charge is -2.15. The van der Waals surface area contributed by atoms with Crippen LogP contribution in [0.15, 0.2) is 53.5 Å². The van der Waals surface area contributed by atoms with Gasteiger partial charge in [-0.1, -0.05) is 30.3 Å². The minimum absolute atomic E-state index is 0.355. The van der Waals surface area contributed by atoms with Gasteiger partial charge in [0.1, 0.15) is 0 Å². The molecule has 2 aromatic carbocycles. The lowest BCUT2D eigenvalue weighted by atomic mass is 9.94. The Morgan fingerprint density at radius 1 is 0.952 bits per heavy atom. The average Bonchev–Trinajstić information content (AvgIpc) is 2.46. The molecule has 0 saturated heterocycles. The molecule has 0 aliphatic carbocycles. The number of fused-ring (bicyclic) bond motifs is 1. The molecule has 0 unspecified atom stereocenters. The maximum absolute atomic E-state index is 12.5. The molecule has 0 fully saturated rings. The molecule has 3 rings (SSSR count). The van der Waals surface area contributed by atoms with Crippen molar-refractivity contribution in [2.45, 2.75) is 12.6 Å². The summed E-state index contributed by atoms with van der Waals surface area (Å²) >= 11 is 0. The van der Waals surface area contributed by atoms with Crippen LogP contribution in [0.3, 0.4) is 0 Å². The van der Waals surface area contributed by atoms with E-state index in [9.17, 15) is 18.0 Å². The molecule has 1 heterocycles. The zero-order chi connectivity index (χ0) is 15.0. The number of amides is 1. The number of benzene rings is 2. The van der Waals surface area contributed by atoms with Gasteiger partial charge in [-0.3, -0.25) is 4.79 Å². The number of aliphatic imine (C=N–C) groups is 1. The van der Waals surface area contributed by atoms with Gasteiger partial charge in [-0.25, -0.2) is 4.99 Å². The quantitative estimate of drug-likeness (QED) is 0.783. The third kappa shape index (κ3) is 2.59. The fourth-order valence-electron chi connectivity index (χ4n) is 2.30. The zero-order valence-corrected chi connectivity index (χ0v) is 10.8. The molecule has 0 radical (unpaired) electrons. The first-order valence-corrected chi connectivity index (χ1v) is 6.32. The molecule has 21 heavy (non-hydrogen) atoms. The van der Waals surface area contributed by atoms with Crippen LogP contribution in [0.2, 0.25) is 0 Å². The maximum Gasteiger partial charge on any atom is 0.416 e. The highest BCUT2D eigenvalue weighted by Gasteiger charge is 2.30. The fraction of sp³-hybridized carbons (Fsp3) is 0.125. The van der Waals surface area contributed by atoms with Crippen LogP contribution in [0.25, 0.3) is 0 Å². The third-order valence-electron chi connectivity index (χ3n) is 3.39. The number of hydrogen-bond acceptors (Lipinski definition) is 1. The summed E-state index contributed by atoms with van der Waals surface area (Å²) in [5.41, 5.74) is 1.70. The molecular formula is C16H10F3NO. The number of halogens is 3. The van der Waals surface area contributed by atoms with Crippen LogP contribution in [0.4, 0.5) is 13.2 Å². The summed E-state index contributed by atoms with van der Waals surface area (Å²) in [7, 11) is 0. The number of nitrogens with zero attached hydrogens (tertiary/aromatic N) is 1. The van der Waals surface area contributed by atoms with E-state index in [1.54, 1.807) is 12.1 Å². The van der Waals surface area contributed by atoms with E-state index >= 15 is 0 Å². The predicted octanol–water partition coefficient (Wildman–Crippen LogP) is 3.89. The maximum atomic E-state index is 12.5. The van der Waals surface area contributed by atoms with E-state index in [1.165, 1.54) is 12.1 Å². The van der Waals surface area contributed by atoms with E-state index in [0.29, 0.717) is 23.3 Å². The molecule has 1 amide bonds. The smallest absolute Gasteiger partial charge is 0.267 e. The van der Waals surface area contributed by atoms with Crippen molar-refractivity contribution >= 4 is 11.6 Å². The summed E-state index contributed by atoms with van der Waals surface area (Å²) in [4.78, 5) is 15.9. The van der Waals surface area contributed by atoms with Gasteiger partial charge in [0.2, 0.25) is 0 Å². The second kappa shape index (κ2) is 4.84. The van der Waals surface area contributed by atoms with Gasteiger partial charge in [-0.15, -0.1) is 0 Å². The second-order valence-electron chi connectivity index (χ2n) is 4.77. The molecule has 2 nitrogen and oxygen atoms in total. The highest BCUT2D eigenvalue weighted by atomic mass is 19.4. The molecule has 2 aromatic rings. The second-order valence-corrected chi connectivity index (χ2v) is 4.77. The van der Waals surface area contributed by atoms with Crippen molar-refractivity contribution in [1.29, 1.82) is 0 Å². The van der Waals surface area contributed by atoms with Crippen LogP contribution < -0.4 is 0 Å². The van der Waals surface area contributed by atoms with Crippen molar-refractivity contribution in [2.24, 2.45) is 4.99 Å². The molecular weight excluding hydrogens is 279 g/mol. The summed E-state index contributed by atoms with van der Waals surface area (Å²) in [5, 5.41) is 0. The Kier molecular flexibility index (Phi) is 3.12. The molecule has 0 bridgehead atoms. The normalized spacial score (nSPS) is 14.6. The van der Waals surface area contributed by atoms with E-state index in [2.05, 4.69) is 4.99 Å². The van der Waals surface area contributed by atoms with E-state index in [4.69, 9.17) is 0 Å². The number of alkyl halides is 3. The summed E-state index contributed by atoms with van der Waals surface area (Å²) < 4.78 is 37.6. The Balaban J connectivity index is 1.94. The monoisotopic (exact) mass is 289 g/mol. The van der Waals surface area contributed by atoms with E-state index in [0.717, 1.165) is 17.7 Å². The molecule has 0 N–H and O–H groups in total. The van der Waals surface area contributed by atoms with Crippen LogP contribution in [0, 0.1) is 0 Å². The van der Waals surface area contributed by atoms with Crippen LogP contribution >= 0.6 is 0 Å². The van der Waals surface area contributed by atoms with Crippen molar-refractivity contribution < 1.29 is 18.0 Å². The number of rotatable bonds is 1. The highest BCUT2D eigenvalue weighted by Crippen LogP contribution is 2.29. The van der Waals surface area contributed by atoms with Crippen LogP contribution in [-0.2, 0) is 12.6 Å². The first-order valence-electron chi connectivity index (χ1n) is 6.32. The Morgan fingerprint density at radius 2 is 1.62 bits per heavy atom. The standard InChI is InChI=1S/C16H10F3NO/c17-16(18,19)12-7-5-10(6-8-12)14-9-11-3-1-2-4-13(11)15(21)20-14/h1-8H,9H2. The van der Waals surface area contributed by atoms with Gasteiger partial charge in [0.05, 0.1) is 11.3 Å². The van der Waals surface area contributed by atoms with Gasteiger partial charge in [-0.2, -0.15) is 13.2 Å². The van der Waals surface area contributed by atoms with Crippen LogP contribution in [0.1, 0.15) is 27.0 Å². The minimum Gasteiger partial charge on any atom is -0.267 e. The summed E-state index contributed by atoms with van der Waals surface area (Å²) in [6.07, 6.45) is -3.93. The van der Waals surface area contributed by atoms with E-state index < -0.39 is 11.7 Å². The van der Waals surface area contributed by atoms with Crippen molar-refractivity contribution in [3.8, 4) is 0 Å². The number of carbonyl (C=O) groups is 1. The highest BCUT2D eigenvalue weighted by molar-refractivity contribution is 6.15. The first-order chi connectivity index (χ1) is 9.95. The van der Waals surface area contributed by atoms with Gasteiger partial charge >= 0.3 is 6.18 Å². The lowest BCUT2D eigenvalue weighted by Crippen LogP contribution is -2.17. The molecule has 106 valence electrons. The topological polar surface area (TPSA) is 29.4 Å². The van der Waals surface area contributed by atoms with Gasteiger partial charge < -0.3 is 0 Å². The van der Waals surface area contributed by atoms with Crippen molar-refractivity contribution in [3.63, 3.8) is 0 Å². The predicted molar refractivity (Wildman–Crippen MR) is 72.5 cm³/mol. The molecule has 1 aliphatic rings. The largest absolute Gasteiger partial charge is 0.416 e. The zero-order valence-electron chi connectivity index (χ0n) is 10.8. The Morgan fingerprint density at radius 3 is 2.29 bits per heavy atom. The van der Waals surface area contributed by atoms with Crippen LogP contribution in [0.5, 0.6) is 0 Å². The van der Waals surface area contributed by atoms with Crippen LogP contribution in [-0.4, -0.2) is 11.6 Å². The molecule has 1 aliphatic heterocycles. The Labute approximate surface area is 118 Å². The van der Waals surface area contributed by atoms with Gasteiger partial charge in [-0.05, 0) is 29.3 Å². The van der Waals surface area contributed by atoms with Gasteiger partial charge in [0.25, 0.3) is 5.91 Å². The third-order valence-corrected chi connectivity index (χ3v) is 3.39. The van der Waals surface area contributed by atoms with E-state index in [1.807, 2.05) is 12.1 Å². The van der Waals surface area contributed by atoms with Gasteiger partial charge in [0.15, 0.2) is 0 Å². The minimum atomic E-state index is -4.37. The summed E-state index contributed by atoms with van der Waals surface area (Å²) in [5.74, 6) is -0.355. The lowest BCUT2D eigenvalue weighted by molar-refractivity contribution is -0.137. The van der Waals surface area contributed by atoms with Gasteiger partial charge in [0, 0.05) is 12.0 Å². The van der Waals surface area contributed by atoms with Crippen molar-refractivity contribution in [1.82, 2.24) is 0 Å². The Hall–Kier alpha value is -2.43.